The molecule has 0 radical (unpaired) electrons. The summed E-state index contributed by atoms with van der Waals surface area (Å²) < 4.78 is 38.9. The molecule has 0 aromatic heterocycles. The van der Waals surface area contributed by atoms with Gasteiger partial charge in [-0.1, -0.05) is 0 Å². The van der Waals surface area contributed by atoms with Crippen molar-refractivity contribution in [2.45, 2.75) is 12.5 Å². The van der Waals surface area contributed by atoms with Crippen LogP contribution in [0.3, 0.4) is 0 Å². The first-order valence-corrected chi connectivity index (χ1v) is 3.82. The molecule has 0 heterocycles. The first kappa shape index (κ1) is 12.4. The van der Waals surface area contributed by atoms with Gasteiger partial charge in [0.1, 0.15) is 0 Å². The Morgan fingerprint density at radius 3 is 2.15 bits per heavy atom. The molecule has 0 amide bonds. The maximum Gasteiger partial charge on any atom is 0.376 e. The Bertz CT molecular complexity index is 218. The van der Waals surface area contributed by atoms with Crippen LogP contribution in [-0.2, 0) is 14.3 Å². The van der Waals surface area contributed by atoms with E-state index in [0.29, 0.717) is 0 Å². The van der Waals surface area contributed by atoms with Crippen LogP contribution in [0, 0.1) is 0 Å². The minimum absolute atomic E-state index is 0.823. The fourth-order valence-electron chi connectivity index (χ4n) is 0.594. The van der Waals surface area contributed by atoms with Gasteiger partial charge in [0.15, 0.2) is 0 Å². The van der Waals surface area contributed by atoms with Crippen molar-refractivity contribution in [3.05, 3.63) is 0 Å². The van der Waals surface area contributed by atoms with Crippen molar-refractivity contribution in [3.8, 4) is 0 Å². The summed E-state index contributed by atoms with van der Waals surface area (Å²) in [7, 11) is 0.823. The van der Waals surface area contributed by atoms with E-state index in [2.05, 4.69) is 20.7 Å². The molecule has 0 aromatic rings. The predicted molar refractivity (Wildman–Crippen MR) is 37.9 cm³/mol. The minimum Gasteiger partial charge on any atom is -0.464 e. The highest BCUT2D eigenvalue weighted by Gasteiger charge is 2.51. The fourth-order valence-corrected chi connectivity index (χ4v) is 0.901. The largest absolute Gasteiger partial charge is 0.464 e. The van der Waals surface area contributed by atoms with Crippen LogP contribution in [-0.4, -0.2) is 29.0 Å². The molecule has 13 heavy (non-hydrogen) atoms. The van der Waals surface area contributed by atoms with Gasteiger partial charge in [0, 0.05) is 0 Å². The van der Waals surface area contributed by atoms with Gasteiger partial charge < -0.3 is 4.74 Å². The summed E-state index contributed by atoms with van der Waals surface area (Å²) in [6, 6.07) is -2.45. The van der Waals surface area contributed by atoms with Crippen LogP contribution in [0.25, 0.3) is 0 Å². The van der Waals surface area contributed by atoms with Crippen molar-refractivity contribution in [2.75, 3.05) is 7.11 Å². The Morgan fingerprint density at radius 1 is 1.46 bits per heavy atom. The van der Waals surface area contributed by atoms with Crippen LogP contribution in [0.2, 0.25) is 0 Å². The summed E-state index contributed by atoms with van der Waals surface area (Å²) >= 11 is 2.31. The van der Waals surface area contributed by atoms with E-state index < -0.39 is 28.3 Å². The van der Waals surface area contributed by atoms with E-state index in [1.54, 1.807) is 0 Å². The molecule has 0 rings (SSSR count). The van der Waals surface area contributed by atoms with Gasteiger partial charge in [0.25, 0.3) is 5.15 Å². The molecule has 0 N–H and O–H groups in total. The van der Waals surface area contributed by atoms with Crippen molar-refractivity contribution in [1.82, 2.24) is 0 Å². The smallest absolute Gasteiger partial charge is 0.376 e. The second kappa shape index (κ2) is 4.56. The number of rotatable bonds is 4. The summed E-state index contributed by atoms with van der Waals surface area (Å²) in [5.74, 6) is -1.49. The van der Waals surface area contributed by atoms with Crippen LogP contribution < -0.4 is 0 Å². The molecule has 4 nitrogen and oxygen atoms in total. The van der Waals surface area contributed by atoms with Crippen LogP contribution in [0.5, 0.6) is 0 Å². The molecule has 0 bridgehead atoms. The molecule has 8 heteroatoms. The van der Waals surface area contributed by atoms with Crippen molar-refractivity contribution >= 4 is 26.6 Å². The first-order valence-electron chi connectivity index (χ1n) is 3.03. The third kappa shape index (κ3) is 4.23. The third-order valence-corrected chi connectivity index (χ3v) is 1.50. The van der Waals surface area contributed by atoms with E-state index in [9.17, 15) is 23.0 Å². The summed E-state index contributed by atoms with van der Waals surface area (Å²) in [6.07, 6.45) is -0.976. The lowest BCUT2D eigenvalue weighted by Gasteiger charge is -2.09. The zero-order valence-corrected chi connectivity index (χ0v) is 8.05. The number of hydrogen-bond donors (Lipinski definition) is 0. The van der Waals surface area contributed by atoms with Crippen molar-refractivity contribution < 1.29 is 32.9 Å². The number of ether oxygens (including phenoxy) is 1. The SMILES string of the molecule is COC(=O)[C@H](CC(=O)Br)[N+](F)(F)F. The average Bonchev–Trinajstić information content (AvgIpc) is 1.96. The number of methoxy groups -OCH3 is 1. The van der Waals surface area contributed by atoms with E-state index in [-0.39, 0.29) is 0 Å². The highest BCUT2D eigenvalue weighted by atomic mass is 79.9. The molecule has 0 saturated carbocycles. The van der Waals surface area contributed by atoms with Crippen LogP contribution in [0.1, 0.15) is 6.42 Å². The number of quaternary nitrogens is 1. The molecule has 0 unspecified atom stereocenters. The number of carbonyl (C=O) groups excluding carboxylic acids is 2. The molecule has 0 aliphatic carbocycles. The summed E-state index contributed by atoms with van der Waals surface area (Å²) in [5.41, 5.74) is 0. The van der Waals surface area contributed by atoms with Gasteiger partial charge in [-0.25, -0.2) is 4.79 Å². The van der Waals surface area contributed by atoms with Crippen molar-refractivity contribution in [1.29, 1.82) is 0 Å². The van der Waals surface area contributed by atoms with E-state index in [1.165, 1.54) is 0 Å². The van der Waals surface area contributed by atoms with Crippen LogP contribution >= 0.6 is 15.9 Å². The molecule has 76 valence electrons. The standard InChI is InChI=1S/C5H6BrF3NO3/c1-13-5(12)3(2-4(6)11)10(7,8)9/h3H,2H2,1H3/q+1/t3-/m0/s1. The molecule has 0 spiro atoms. The quantitative estimate of drug-likeness (QED) is 0.437. The Labute approximate surface area is 79.8 Å². The van der Waals surface area contributed by atoms with E-state index in [0.717, 1.165) is 7.11 Å². The number of hydrogen-bond acceptors (Lipinski definition) is 3. The lowest BCUT2D eigenvalue weighted by Crippen LogP contribution is -2.42. The number of carbonyl (C=O) groups is 2. The molecular weight excluding hydrogens is 259 g/mol. The first-order chi connectivity index (χ1) is 5.79. The summed E-state index contributed by atoms with van der Waals surface area (Å²) in [5, 5.41) is -4.12. The normalized spacial score (nSPS) is 13.6. The Hall–Kier alpha value is -0.630. The second-order valence-electron chi connectivity index (χ2n) is 2.08. The molecule has 0 saturated heterocycles. The Kier molecular flexibility index (Phi) is 4.34. The minimum atomic E-state index is -4.12. The van der Waals surface area contributed by atoms with Crippen molar-refractivity contribution in [3.63, 3.8) is 0 Å². The van der Waals surface area contributed by atoms with Gasteiger partial charge in [-0.15, -0.1) is 0 Å². The maximum atomic E-state index is 12.0. The monoisotopic (exact) mass is 264 g/mol. The van der Waals surface area contributed by atoms with Crippen molar-refractivity contribution in [2.24, 2.45) is 0 Å². The number of esters is 1. The van der Waals surface area contributed by atoms with E-state index >= 15 is 0 Å². The van der Waals surface area contributed by atoms with Gasteiger partial charge in [0.2, 0.25) is 4.69 Å². The Balaban J connectivity index is 4.56. The third-order valence-electron chi connectivity index (χ3n) is 1.18. The topological polar surface area (TPSA) is 43.4 Å². The maximum absolute atomic E-state index is 12.0. The number of halogens is 4. The van der Waals surface area contributed by atoms with Gasteiger partial charge in [-0.3, -0.25) is 4.79 Å². The lowest BCUT2D eigenvalue weighted by atomic mass is 10.2. The summed E-state index contributed by atoms with van der Waals surface area (Å²) in [6.45, 7) is 0. The molecule has 0 aliphatic heterocycles. The van der Waals surface area contributed by atoms with E-state index in [1.807, 2.05) is 0 Å². The highest BCUT2D eigenvalue weighted by molar-refractivity contribution is 9.18. The van der Waals surface area contributed by atoms with E-state index in [4.69, 9.17) is 0 Å². The summed E-state index contributed by atoms with van der Waals surface area (Å²) in [4.78, 5) is 20.9. The lowest BCUT2D eigenvalue weighted by molar-refractivity contribution is -1.28. The second-order valence-corrected chi connectivity index (χ2v) is 2.97. The van der Waals surface area contributed by atoms with Gasteiger partial charge in [-0.05, 0) is 15.9 Å². The molecular formula is C5H6BrF3NO3+. The van der Waals surface area contributed by atoms with Gasteiger partial charge in [0.05, 0.1) is 27.0 Å². The predicted octanol–water partition coefficient (Wildman–Crippen LogP) is 1.31. The Morgan fingerprint density at radius 2 is 1.92 bits per heavy atom. The van der Waals surface area contributed by atoms with Crippen LogP contribution in [0.4, 0.5) is 13.4 Å². The zero-order chi connectivity index (χ0) is 10.6. The molecule has 1 atom stereocenters. The van der Waals surface area contributed by atoms with Gasteiger partial charge in [-0.2, -0.15) is 0 Å². The average molecular weight is 265 g/mol. The fraction of sp³-hybridized carbons (Fsp3) is 0.600. The van der Waals surface area contributed by atoms with Crippen LogP contribution in [0.15, 0.2) is 0 Å². The molecule has 0 fully saturated rings. The highest BCUT2D eigenvalue weighted by Crippen LogP contribution is 2.22. The molecule has 0 aliphatic rings. The van der Waals surface area contributed by atoms with Gasteiger partial charge >= 0.3 is 12.0 Å². The zero-order valence-electron chi connectivity index (χ0n) is 6.47. The molecule has 0 aromatic carbocycles. The number of nitrogens with zero attached hydrogens (tertiary/aromatic N) is 1.